The summed E-state index contributed by atoms with van der Waals surface area (Å²) in [5, 5.41) is 10.3. The molecule has 4 rings (SSSR count). The summed E-state index contributed by atoms with van der Waals surface area (Å²) in [7, 11) is 0. The van der Waals surface area contributed by atoms with Gasteiger partial charge >= 0.3 is 11.9 Å². The Hall–Kier alpha value is -2.92. The van der Waals surface area contributed by atoms with Crippen LogP contribution >= 0.6 is 0 Å². The lowest BCUT2D eigenvalue weighted by molar-refractivity contribution is -0.141. The number of esters is 2. The number of aliphatic hydroxyl groups excluding tert-OH is 1. The second kappa shape index (κ2) is 10.8. The zero-order chi connectivity index (χ0) is 23.2. The van der Waals surface area contributed by atoms with Crippen molar-refractivity contribution in [2.75, 3.05) is 0 Å². The Morgan fingerprint density at radius 1 is 1.12 bits per heavy atom. The molecule has 0 amide bonds. The number of fused-ring (bicyclic) bond motifs is 1. The number of benzene rings is 2. The molecule has 33 heavy (non-hydrogen) atoms. The Morgan fingerprint density at radius 2 is 1.85 bits per heavy atom. The molecule has 5 atom stereocenters. The molecule has 174 valence electrons. The van der Waals surface area contributed by atoms with E-state index in [0.717, 1.165) is 30.4 Å². The first-order valence-corrected chi connectivity index (χ1v) is 12.0. The third-order valence-electron chi connectivity index (χ3n) is 6.70. The fourth-order valence-electron chi connectivity index (χ4n) is 4.88. The summed E-state index contributed by atoms with van der Waals surface area (Å²) in [5.74, 6) is -0.745. The number of hydrogen-bond donors (Lipinski definition) is 1. The van der Waals surface area contributed by atoms with Gasteiger partial charge in [0, 0.05) is 18.3 Å². The molecule has 0 aromatic heterocycles. The minimum Gasteiger partial charge on any atom is -0.462 e. The minimum absolute atomic E-state index is 0.0187. The SMILES string of the molecule is CCCCC[C@H](O)C=C[C@@H]1[C@H]2CC(=O)O[C@H]2C[C@H]1OC(=O)c1ccc(-c2ccccc2)cc1. The van der Waals surface area contributed by atoms with Gasteiger partial charge in [-0.25, -0.2) is 4.79 Å². The van der Waals surface area contributed by atoms with Crippen LogP contribution in [0.5, 0.6) is 0 Å². The molecule has 1 saturated heterocycles. The molecule has 2 fully saturated rings. The molecule has 1 saturated carbocycles. The lowest BCUT2D eigenvalue weighted by atomic mass is 9.91. The van der Waals surface area contributed by atoms with E-state index >= 15 is 0 Å². The van der Waals surface area contributed by atoms with Crippen molar-refractivity contribution >= 4 is 11.9 Å². The number of hydrogen-bond acceptors (Lipinski definition) is 5. The summed E-state index contributed by atoms with van der Waals surface area (Å²) in [4.78, 5) is 24.7. The van der Waals surface area contributed by atoms with Crippen LogP contribution in [-0.2, 0) is 14.3 Å². The van der Waals surface area contributed by atoms with Crippen molar-refractivity contribution in [2.45, 2.75) is 63.8 Å². The summed E-state index contributed by atoms with van der Waals surface area (Å²) in [6.45, 7) is 2.13. The normalized spacial score (nSPS) is 25.1. The molecule has 1 aliphatic carbocycles. The molecule has 2 aliphatic rings. The van der Waals surface area contributed by atoms with Crippen molar-refractivity contribution in [3.63, 3.8) is 0 Å². The van der Waals surface area contributed by atoms with Crippen LogP contribution in [0.1, 0.15) is 55.8 Å². The topological polar surface area (TPSA) is 72.8 Å². The summed E-state index contributed by atoms with van der Waals surface area (Å²) in [6, 6.07) is 17.4. The third kappa shape index (κ3) is 5.72. The Kier molecular flexibility index (Phi) is 7.61. The predicted molar refractivity (Wildman–Crippen MR) is 126 cm³/mol. The van der Waals surface area contributed by atoms with Crippen molar-refractivity contribution in [3.8, 4) is 11.1 Å². The lowest BCUT2D eigenvalue weighted by Crippen LogP contribution is -2.25. The molecule has 5 nitrogen and oxygen atoms in total. The fourth-order valence-corrected chi connectivity index (χ4v) is 4.88. The fraction of sp³-hybridized carbons (Fsp3) is 0.429. The zero-order valence-corrected chi connectivity index (χ0v) is 19.1. The quantitative estimate of drug-likeness (QED) is 0.319. The maximum absolute atomic E-state index is 12.9. The van der Waals surface area contributed by atoms with Crippen molar-refractivity contribution in [1.82, 2.24) is 0 Å². The summed E-state index contributed by atoms with van der Waals surface area (Å²) in [5.41, 5.74) is 2.61. The number of ether oxygens (including phenoxy) is 2. The van der Waals surface area contributed by atoms with Gasteiger partial charge < -0.3 is 14.6 Å². The molecule has 2 aromatic carbocycles. The van der Waals surface area contributed by atoms with Gasteiger partial charge in [-0.3, -0.25) is 4.79 Å². The van der Waals surface area contributed by atoms with E-state index in [1.165, 1.54) is 0 Å². The van der Waals surface area contributed by atoms with E-state index in [2.05, 4.69) is 6.92 Å². The monoisotopic (exact) mass is 448 g/mol. The largest absolute Gasteiger partial charge is 0.462 e. The van der Waals surface area contributed by atoms with Crippen LogP contribution in [-0.4, -0.2) is 35.4 Å². The Bertz CT molecular complexity index is 966. The first kappa shape index (κ1) is 23.2. The van der Waals surface area contributed by atoms with Gasteiger partial charge in [-0.05, 0) is 29.7 Å². The lowest BCUT2D eigenvalue weighted by Gasteiger charge is -2.20. The van der Waals surface area contributed by atoms with Crippen LogP contribution in [0.25, 0.3) is 11.1 Å². The molecular formula is C28H32O5. The average Bonchev–Trinajstić information content (AvgIpc) is 3.33. The van der Waals surface area contributed by atoms with Crippen molar-refractivity contribution in [1.29, 1.82) is 0 Å². The minimum atomic E-state index is -0.532. The Morgan fingerprint density at radius 3 is 2.58 bits per heavy atom. The molecule has 1 aliphatic heterocycles. The summed E-state index contributed by atoms with van der Waals surface area (Å²) >= 11 is 0. The van der Waals surface area contributed by atoms with E-state index in [9.17, 15) is 14.7 Å². The van der Waals surface area contributed by atoms with Gasteiger partial charge in [0.2, 0.25) is 0 Å². The first-order valence-electron chi connectivity index (χ1n) is 12.0. The Balaban J connectivity index is 1.42. The molecule has 0 spiro atoms. The number of carbonyl (C=O) groups is 2. The molecule has 0 radical (unpaired) electrons. The molecule has 0 bridgehead atoms. The van der Waals surface area contributed by atoms with E-state index in [4.69, 9.17) is 9.47 Å². The molecule has 2 aromatic rings. The van der Waals surface area contributed by atoms with Gasteiger partial charge in [0.15, 0.2) is 0 Å². The summed E-state index contributed by atoms with van der Waals surface area (Å²) < 4.78 is 11.4. The van der Waals surface area contributed by atoms with Crippen LogP contribution in [0.2, 0.25) is 0 Å². The molecule has 0 unspecified atom stereocenters. The molecule has 1 N–H and O–H groups in total. The number of rotatable bonds is 9. The van der Waals surface area contributed by atoms with Gasteiger partial charge in [0.1, 0.15) is 12.2 Å². The smallest absolute Gasteiger partial charge is 0.338 e. The maximum Gasteiger partial charge on any atom is 0.338 e. The van der Waals surface area contributed by atoms with Crippen LogP contribution < -0.4 is 0 Å². The van der Waals surface area contributed by atoms with E-state index in [1.807, 2.05) is 48.5 Å². The van der Waals surface area contributed by atoms with Crippen LogP contribution in [0.3, 0.4) is 0 Å². The van der Waals surface area contributed by atoms with E-state index in [1.54, 1.807) is 18.2 Å². The zero-order valence-electron chi connectivity index (χ0n) is 19.1. The summed E-state index contributed by atoms with van der Waals surface area (Å²) in [6.07, 6.45) is 7.26. The second-order valence-electron chi connectivity index (χ2n) is 9.04. The maximum atomic E-state index is 12.9. The molecule has 5 heteroatoms. The highest BCUT2D eigenvalue weighted by Crippen LogP contribution is 2.43. The molecule has 1 heterocycles. The van der Waals surface area contributed by atoms with Gasteiger partial charge in [0.25, 0.3) is 0 Å². The first-order chi connectivity index (χ1) is 16.0. The van der Waals surface area contributed by atoms with Crippen LogP contribution in [0.4, 0.5) is 0 Å². The van der Waals surface area contributed by atoms with Gasteiger partial charge in [-0.2, -0.15) is 0 Å². The van der Waals surface area contributed by atoms with Gasteiger partial charge in [-0.1, -0.05) is 80.8 Å². The predicted octanol–water partition coefficient (Wildman–Crippen LogP) is 5.33. The van der Waals surface area contributed by atoms with Crippen LogP contribution in [0.15, 0.2) is 66.7 Å². The average molecular weight is 449 g/mol. The Labute approximate surface area is 195 Å². The van der Waals surface area contributed by atoms with E-state index < -0.39 is 6.10 Å². The molecular weight excluding hydrogens is 416 g/mol. The second-order valence-corrected chi connectivity index (χ2v) is 9.04. The number of carbonyl (C=O) groups excluding carboxylic acids is 2. The van der Waals surface area contributed by atoms with Crippen LogP contribution in [0, 0.1) is 11.8 Å². The van der Waals surface area contributed by atoms with Crippen molar-refractivity contribution < 1.29 is 24.2 Å². The third-order valence-corrected chi connectivity index (χ3v) is 6.70. The van der Waals surface area contributed by atoms with E-state index in [0.29, 0.717) is 24.8 Å². The van der Waals surface area contributed by atoms with E-state index in [-0.39, 0.29) is 36.0 Å². The van der Waals surface area contributed by atoms with Crippen molar-refractivity contribution in [2.24, 2.45) is 11.8 Å². The highest BCUT2D eigenvalue weighted by molar-refractivity contribution is 5.90. The van der Waals surface area contributed by atoms with Gasteiger partial charge in [-0.15, -0.1) is 0 Å². The number of unbranched alkanes of at least 4 members (excludes halogenated alkanes) is 2. The van der Waals surface area contributed by atoms with Crippen molar-refractivity contribution in [3.05, 3.63) is 72.3 Å². The highest BCUT2D eigenvalue weighted by Gasteiger charge is 2.50. The standard InChI is InChI=1S/C28H32O5/c1-2-3-5-10-22(29)15-16-23-24-17-27(30)32-26(24)18-25(23)33-28(31)21-13-11-20(12-14-21)19-8-6-4-7-9-19/h4,6-9,11-16,22-26,29H,2-3,5,10,17-18H2,1H3/t22-,23+,24+,25+,26-/m0/s1. The van der Waals surface area contributed by atoms with Gasteiger partial charge in [0.05, 0.1) is 18.1 Å². The number of aliphatic hydroxyl groups is 1. The highest BCUT2D eigenvalue weighted by atomic mass is 16.6.